The Bertz CT molecular complexity index is 763. The third-order valence-corrected chi connectivity index (χ3v) is 4.00. The first-order chi connectivity index (χ1) is 13.0. The van der Waals surface area contributed by atoms with Crippen LogP contribution in [0.15, 0.2) is 48.5 Å². The van der Waals surface area contributed by atoms with Crippen LogP contribution in [0.3, 0.4) is 0 Å². The smallest absolute Gasteiger partial charge is 0.309 e. The molecule has 1 atom stereocenters. The summed E-state index contributed by atoms with van der Waals surface area (Å²) in [4.78, 5) is 23.7. The van der Waals surface area contributed by atoms with Crippen molar-refractivity contribution in [3.05, 3.63) is 59.1 Å². The van der Waals surface area contributed by atoms with Crippen LogP contribution in [0.2, 0.25) is 5.02 Å². The fourth-order valence-corrected chi connectivity index (χ4v) is 2.44. The van der Waals surface area contributed by atoms with Crippen LogP contribution >= 0.6 is 11.6 Å². The van der Waals surface area contributed by atoms with Gasteiger partial charge >= 0.3 is 5.97 Å². The van der Waals surface area contributed by atoms with Crippen molar-refractivity contribution in [2.45, 2.75) is 19.4 Å². The lowest BCUT2D eigenvalue weighted by Crippen LogP contribution is -2.31. The average molecular weight is 392 g/mol. The molecule has 0 spiro atoms. The summed E-state index contributed by atoms with van der Waals surface area (Å²) >= 11 is 5.84. The van der Waals surface area contributed by atoms with Crippen molar-refractivity contribution in [3.8, 4) is 11.5 Å². The molecule has 1 unspecified atom stereocenters. The van der Waals surface area contributed by atoms with Gasteiger partial charge in [0, 0.05) is 5.02 Å². The van der Waals surface area contributed by atoms with Crippen molar-refractivity contribution < 1.29 is 23.8 Å². The number of rotatable bonds is 9. The van der Waals surface area contributed by atoms with E-state index in [9.17, 15) is 9.59 Å². The molecule has 0 saturated carbocycles. The fourth-order valence-electron chi connectivity index (χ4n) is 2.32. The molecule has 27 heavy (non-hydrogen) atoms. The van der Waals surface area contributed by atoms with E-state index in [-0.39, 0.29) is 31.6 Å². The maximum Gasteiger partial charge on any atom is 0.309 e. The fraction of sp³-hybridized carbons (Fsp3) is 0.300. The standard InChI is InChI=1S/C20H22ClNO5/c1-14(15-7-9-16(21)10-8-15)22-19(23)13-27-20(24)11-12-26-18-6-4-3-5-17(18)25-2/h3-10,14H,11-13H2,1-2H3,(H,22,23). The Kier molecular flexibility index (Phi) is 7.95. The van der Waals surface area contributed by atoms with Gasteiger partial charge in [0.15, 0.2) is 18.1 Å². The highest BCUT2D eigenvalue weighted by Crippen LogP contribution is 2.25. The van der Waals surface area contributed by atoms with Crippen molar-refractivity contribution >= 4 is 23.5 Å². The highest BCUT2D eigenvalue weighted by Gasteiger charge is 2.12. The average Bonchev–Trinajstić information content (AvgIpc) is 2.67. The first-order valence-corrected chi connectivity index (χ1v) is 8.83. The van der Waals surface area contributed by atoms with Crippen molar-refractivity contribution in [1.82, 2.24) is 5.32 Å². The molecule has 0 aromatic heterocycles. The summed E-state index contributed by atoms with van der Waals surface area (Å²) in [5.74, 6) is 0.236. The second kappa shape index (κ2) is 10.4. The molecule has 0 fully saturated rings. The maximum atomic E-state index is 11.9. The third-order valence-electron chi connectivity index (χ3n) is 3.74. The van der Waals surface area contributed by atoms with Gasteiger partial charge in [0.1, 0.15) is 0 Å². The number of ether oxygens (including phenoxy) is 3. The predicted octanol–water partition coefficient (Wildman–Crippen LogP) is 3.54. The van der Waals surface area contributed by atoms with Gasteiger partial charge in [-0.05, 0) is 36.8 Å². The number of carbonyl (C=O) groups excluding carboxylic acids is 2. The summed E-state index contributed by atoms with van der Waals surface area (Å²) in [6, 6.07) is 14.1. The Morgan fingerprint density at radius 1 is 1.07 bits per heavy atom. The van der Waals surface area contributed by atoms with Gasteiger partial charge in [-0.2, -0.15) is 0 Å². The van der Waals surface area contributed by atoms with E-state index in [4.69, 9.17) is 25.8 Å². The molecule has 0 saturated heterocycles. The van der Waals surface area contributed by atoms with Crippen LogP contribution in [0.5, 0.6) is 11.5 Å². The molecular weight excluding hydrogens is 370 g/mol. The molecule has 0 radical (unpaired) electrons. The third kappa shape index (κ3) is 6.83. The highest BCUT2D eigenvalue weighted by atomic mass is 35.5. The van der Waals surface area contributed by atoms with Gasteiger partial charge < -0.3 is 19.5 Å². The van der Waals surface area contributed by atoms with Gasteiger partial charge in [0.25, 0.3) is 5.91 Å². The minimum atomic E-state index is -0.515. The lowest BCUT2D eigenvalue weighted by Gasteiger charge is -2.14. The number of benzene rings is 2. The molecule has 0 aliphatic carbocycles. The maximum absolute atomic E-state index is 11.9. The lowest BCUT2D eigenvalue weighted by atomic mass is 10.1. The molecule has 1 amide bonds. The Morgan fingerprint density at radius 3 is 2.41 bits per heavy atom. The van der Waals surface area contributed by atoms with Gasteiger partial charge in [-0.1, -0.05) is 35.9 Å². The zero-order chi connectivity index (χ0) is 19.6. The van der Waals surface area contributed by atoms with E-state index >= 15 is 0 Å². The van der Waals surface area contributed by atoms with E-state index in [1.165, 1.54) is 0 Å². The van der Waals surface area contributed by atoms with Gasteiger partial charge in [0.05, 0.1) is 26.2 Å². The van der Waals surface area contributed by atoms with Crippen molar-refractivity contribution in [1.29, 1.82) is 0 Å². The highest BCUT2D eigenvalue weighted by molar-refractivity contribution is 6.30. The summed E-state index contributed by atoms with van der Waals surface area (Å²) in [5.41, 5.74) is 0.907. The molecule has 1 N–H and O–H groups in total. The number of nitrogens with one attached hydrogen (secondary N) is 1. The summed E-state index contributed by atoms with van der Waals surface area (Å²) < 4.78 is 15.6. The molecular formula is C20H22ClNO5. The molecule has 2 rings (SSSR count). The topological polar surface area (TPSA) is 73.9 Å². The van der Waals surface area contributed by atoms with E-state index < -0.39 is 5.97 Å². The van der Waals surface area contributed by atoms with Crippen LogP contribution in [0.25, 0.3) is 0 Å². The largest absolute Gasteiger partial charge is 0.493 e. The van der Waals surface area contributed by atoms with E-state index in [1.807, 2.05) is 31.2 Å². The molecule has 0 aliphatic heterocycles. The van der Waals surface area contributed by atoms with E-state index in [0.29, 0.717) is 16.5 Å². The quantitative estimate of drug-likeness (QED) is 0.662. The monoisotopic (exact) mass is 391 g/mol. The number of para-hydroxylation sites is 2. The zero-order valence-electron chi connectivity index (χ0n) is 15.2. The summed E-state index contributed by atoms with van der Waals surface area (Å²) in [6.07, 6.45) is 0.0259. The summed E-state index contributed by atoms with van der Waals surface area (Å²) in [7, 11) is 1.54. The Labute approximate surface area is 163 Å². The molecule has 7 heteroatoms. The molecule has 2 aromatic carbocycles. The van der Waals surface area contributed by atoms with Gasteiger partial charge in [-0.25, -0.2) is 0 Å². The van der Waals surface area contributed by atoms with Crippen LogP contribution in [0.4, 0.5) is 0 Å². The zero-order valence-corrected chi connectivity index (χ0v) is 16.0. The van der Waals surface area contributed by atoms with Gasteiger partial charge in [-0.3, -0.25) is 9.59 Å². The van der Waals surface area contributed by atoms with Crippen molar-refractivity contribution in [3.63, 3.8) is 0 Å². The lowest BCUT2D eigenvalue weighted by molar-refractivity contribution is -0.149. The second-order valence-electron chi connectivity index (χ2n) is 5.75. The van der Waals surface area contributed by atoms with Crippen LogP contribution in [-0.4, -0.2) is 32.2 Å². The van der Waals surface area contributed by atoms with Gasteiger partial charge in [0.2, 0.25) is 0 Å². The summed E-state index contributed by atoms with van der Waals surface area (Å²) in [6.45, 7) is 1.62. The molecule has 0 heterocycles. The number of halogens is 1. The van der Waals surface area contributed by atoms with E-state index in [1.54, 1.807) is 31.4 Å². The number of methoxy groups -OCH3 is 1. The minimum absolute atomic E-state index is 0.0259. The Hall–Kier alpha value is -2.73. The number of amides is 1. The van der Waals surface area contributed by atoms with E-state index in [0.717, 1.165) is 5.56 Å². The Morgan fingerprint density at radius 2 is 1.74 bits per heavy atom. The Balaban J connectivity index is 1.68. The minimum Gasteiger partial charge on any atom is -0.493 e. The second-order valence-corrected chi connectivity index (χ2v) is 6.19. The first-order valence-electron chi connectivity index (χ1n) is 8.46. The number of esters is 1. The number of hydrogen-bond acceptors (Lipinski definition) is 5. The van der Waals surface area contributed by atoms with Gasteiger partial charge in [-0.15, -0.1) is 0 Å². The van der Waals surface area contributed by atoms with Crippen molar-refractivity contribution in [2.75, 3.05) is 20.3 Å². The molecule has 2 aromatic rings. The number of hydrogen-bond donors (Lipinski definition) is 1. The van der Waals surface area contributed by atoms with Crippen LogP contribution in [0, 0.1) is 0 Å². The SMILES string of the molecule is COc1ccccc1OCCC(=O)OCC(=O)NC(C)c1ccc(Cl)cc1. The van der Waals surface area contributed by atoms with Crippen LogP contribution < -0.4 is 14.8 Å². The van der Waals surface area contributed by atoms with E-state index in [2.05, 4.69) is 5.32 Å². The number of carbonyl (C=O) groups is 2. The summed E-state index contributed by atoms with van der Waals surface area (Å²) in [5, 5.41) is 3.39. The molecule has 0 aliphatic rings. The normalized spacial score (nSPS) is 11.4. The van der Waals surface area contributed by atoms with Crippen LogP contribution in [0.1, 0.15) is 24.9 Å². The molecule has 0 bridgehead atoms. The molecule has 6 nitrogen and oxygen atoms in total. The van der Waals surface area contributed by atoms with Crippen molar-refractivity contribution in [2.24, 2.45) is 0 Å². The van der Waals surface area contributed by atoms with Crippen LogP contribution in [-0.2, 0) is 14.3 Å². The first kappa shape index (κ1) is 20.6. The predicted molar refractivity (Wildman–Crippen MR) is 102 cm³/mol. The molecule has 144 valence electrons.